The lowest BCUT2D eigenvalue weighted by atomic mass is 9.91. The van der Waals surface area contributed by atoms with Gasteiger partial charge in [-0.15, -0.1) is 0 Å². The Morgan fingerprint density at radius 2 is 2.05 bits per heavy atom. The zero-order chi connectivity index (χ0) is 15.6. The van der Waals surface area contributed by atoms with Gasteiger partial charge in [-0.2, -0.15) is 0 Å². The molecule has 2 rings (SSSR count). The van der Waals surface area contributed by atoms with E-state index in [4.69, 9.17) is 0 Å². The summed E-state index contributed by atoms with van der Waals surface area (Å²) in [7, 11) is 0. The van der Waals surface area contributed by atoms with Crippen LogP contribution in [0.1, 0.15) is 39.7 Å². The quantitative estimate of drug-likeness (QED) is 0.903. The number of hydrogen-bond acceptors (Lipinski definition) is 2. The van der Waals surface area contributed by atoms with Crippen LogP contribution >= 0.6 is 0 Å². The molecule has 1 fully saturated rings. The molecule has 0 aromatic heterocycles. The van der Waals surface area contributed by atoms with Gasteiger partial charge in [0.1, 0.15) is 5.82 Å². The lowest BCUT2D eigenvalue weighted by molar-refractivity contribution is 0.280. The van der Waals surface area contributed by atoms with E-state index in [1.54, 1.807) is 6.07 Å². The summed E-state index contributed by atoms with van der Waals surface area (Å²) in [5.74, 6) is 1.000. The van der Waals surface area contributed by atoms with Crippen molar-refractivity contribution in [3.05, 3.63) is 29.6 Å². The predicted octanol–water partition coefficient (Wildman–Crippen LogP) is 3.98. The van der Waals surface area contributed by atoms with E-state index in [0.29, 0.717) is 23.9 Å². The first kappa shape index (κ1) is 16.3. The highest BCUT2D eigenvalue weighted by atomic mass is 19.1. The summed E-state index contributed by atoms with van der Waals surface area (Å²) in [6.07, 6.45) is 1.15. The fourth-order valence-corrected chi connectivity index (χ4v) is 3.18. The molecule has 3 heteroatoms. The second-order valence-electron chi connectivity index (χ2n) is 6.82. The maximum absolute atomic E-state index is 14.3. The van der Waals surface area contributed by atoms with E-state index in [9.17, 15) is 4.39 Å². The summed E-state index contributed by atoms with van der Waals surface area (Å²) in [5, 5.41) is 3.67. The van der Waals surface area contributed by atoms with Crippen molar-refractivity contribution in [3.8, 4) is 0 Å². The Morgan fingerprint density at radius 3 is 2.67 bits per heavy atom. The van der Waals surface area contributed by atoms with Gasteiger partial charge in [0, 0.05) is 25.2 Å². The van der Waals surface area contributed by atoms with Crippen molar-refractivity contribution in [2.24, 2.45) is 11.8 Å². The van der Waals surface area contributed by atoms with Crippen molar-refractivity contribution in [1.82, 2.24) is 5.32 Å². The summed E-state index contributed by atoms with van der Waals surface area (Å²) in [6.45, 7) is 12.8. The third kappa shape index (κ3) is 3.57. The number of aryl methyl sites for hydroxylation is 1. The zero-order valence-electron chi connectivity index (χ0n) is 14.0. The second-order valence-corrected chi connectivity index (χ2v) is 6.82. The summed E-state index contributed by atoms with van der Waals surface area (Å²) in [6, 6.07) is 6.22. The monoisotopic (exact) mass is 292 g/mol. The minimum atomic E-state index is -0.101. The van der Waals surface area contributed by atoms with E-state index in [0.717, 1.165) is 30.8 Å². The Labute approximate surface area is 128 Å². The van der Waals surface area contributed by atoms with Gasteiger partial charge in [0.25, 0.3) is 0 Å². The Balaban J connectivity index is 2.31. The highest BCUT2D eigenvalue weighted by molar-refractivity contribution is 5.51. The first-order valence-electron chi connectivity index (χ1n) is 8.20. The number of hydrogen-bond donors (Lipinski definition) is 1. The highest BCUT2D eigenvalue weighted by Gasteiger charge is 2.33. The first-order chi connectivity index (χ1) is 9.93. The number of benzene rings is 1. The van der Waals surface area contributed by atoms with Crippen molar-refractivity contribution in [2.45, 2.75) is 53.1 Å². The largest absolute Gasteiger partial charge is 0.363 e. The van der Waals surface area contributed by atoms with Crippen LogP contribution in [0.3, 0.4) is 0 Å². The van der Waals surface area contributed by atoms with Crippen molar-refractivity contribution in [1.29, 1.82) is 0 Å². The standard InChI is InChI=1S/C18H29FN2/c1-6-14(5)16-11-21(18(10-20-16)12(2)3)17-9-13(4)7-8-15(17)19/h7-9,12,14,16,18,20H,6,10-11H2,1-5H3. The minimum Gasteiger partial charge on any atom is -0.363 e. The van der Waals surface area contributed by atoms with Crippen LogP contribution in [0.2, 0.25) is 0 Å². The SMILES string of the molecule is CCC(C)C1CN(c2cc(C)ccc2F)C(C(C)C)CN1. The molecule has 0 amide bonds. The molecule has 0 bridgehead atoms. The normalized spacial score (nSPS) is 24.4. The van der Waals surface area contributed by atoms with Crippen LogP contribution < -0.4 is 10.2 Å². The van der Waals surface area contributed by atoms with E-state index in [1.807, 2.05) is 19.1 Å². The molecular formula is C18H29FN2. The van der Waals surface area contributed by atoms with Crippen LogP contribution in [0.25, 0.3) is 0 Å². The van der Waals surface area contributed by atoms with Gasteiger partial charge >= 0.3 is 0 Å². The van der Waals surface area contributed by atoms with Crippen molar-refractivity contribution >= 4 is 5.69 Å². The molecule has 1 heterocycles. The first-order valence-corrected chi connectivity index (χ1v) is 8.20. The molecule has 1 aromatic carbocycles. The lowest BCUT2D eigenvalue weighted by Gasteiger charge is -2.45. The molecule has 0 spiro atoms. The molecule has 0 radical (unpaired) electrons. The molecule has 2 nitrogen and oxygen atoms in total. The zero-order valence-corrected chi connectivity index (χ0v) is 14.0. The second kappa shape index (κ2) is 6.78. The van der Waals surface area contributed by atoms with Gasteiger partial charge in [-0.1, -0.05) is 40.2 Å². The van der Waals surface area contributed by atoms with E-state index >= 15 is 0 Å². The third-order valence-corrected chi connectivity index (χ3v) is 4.89. The lowest BCUT2D eigenvalue weighted by Crippen LogP contribution is -2.60. The Kier molecular flexibility index (Phi) is 5.26. The third-order valence-electron chi connectivity index (χ3n) is 4.89. The van der Waals surface area contributed by atoms with E-state index in [2.05, 4.69) is 37.9 Å². The Bertz CT molecular complexity index is 472. The fraction of sp³-hybridized carbons (Fsp3) is 0.667. The smallest absolute Gasteiger partial charge is 0.146 e. The van der Waals surface area contributed by atoms with Gasteiger partial charge in [-0.05, 0) is 36.5 Å². The summed E-state index contributed by atoms with van der Waals surface area (Å²) >= 11 is 0. The van der Waals surface area contributed by atoms with Crippen LogP contribution in [-0.4, -0.2) is 25.2 Å². The Hall–Kier alpha value is -1.09. The molecule has 21 heavy (non-hydrogen) atoms. The van der Waals surface area contributed by atoms with Crippen LogP contribution in [0.5, 0.6) is 0 Å². The van der Waals surface area contributed by atoms with Crippen LogP contribution in [0.15, 0.2) is 18.2 Å². The molecule has 1 aliphatic heterocycles. The fourth-order valence-electron chi connectivity index (χ4n) is 3.18. The molecular weight excluding hydrogens is 263 g/mol. The molecule has 1 aromatic rings. The molecule has 3 atom stereocenters. The Morgan fingerprint density at radius 1 is 1.33 bits per heavy atom. The predicted molar refractivity (Wildman–Crippen MR) is 88.4 cm³/mol. The van der Waals surface area contributed by atoms with Gasteiger partial charge < -0.3 is 10.2 Å². The molecule has 1 N–H and O–H groups in total. The van der Waals surface area contributed by atoms with Crippen LogP contribution in [0, 0.1) is 24.6 Å². The maximum atomic E-state index is 14.3. The van der Waals surface area contributed by atoms with Crippen molar-refractivity contribution in [3.63, 3.8) is 0 Å². The molecule has 0 aliphatic carbocycles. The van der Waals surface area contributed by atoms with Gasteiger partial charge in [0.2, 0.25) is 0 Å². The van der Waals surface area contributed by atoms with E-state index < -0.39 is 0 Å². The van der Waals surface area contributed by atoms with Gasteiger partial charge in [-0.25, -0.2) is 4.39 Å². The van der Waals surface area contributed by atoms with Crippen LogP contribution in [-0.2, 0) is 0 Å². The average Bonchev–Trinajstić information content (AvgIpc) is 2.48. The van der Waals surface area contributed by atoms with Gasteiger partial charge in [0.15, 0.2) is 0 Å². The van der Waals surface area contributed by atoms with Crippen molar-refractivity contribution in [2.75, 3.05) is 18.0 Å². The molecule has 3 unspecified atom stereocenters. The van der Waals surface area contributed by atoms with Gasteiger partial charge in [-0.3, -0.25) is 0 Å². The summed E-state index contributed by atoms with van der Waals surface area (Å²) < 4.78 is 14.3. The number of halogens is 1. The minimum absolute atomic E-state index is 0.101. The molecule has 1 saturated heterocycles. The topological polar surface area (TPSA) is 15.3 Å². The van der Waals surface area contributed by atoms with Crippen LogP contribution in [0.4, 0.5) is 10.1 Å². The summed E-state index contributed by atoms with van der Waals surface area (Å²) in [5.41, 5.74) is 1.89. The van der Waals surface area contributed by atoms with E-state index in [1.165, 1.54) is 0 Å². The molecule has 0 saturated carbocycles. The molecule has 1 aliphatic rings. The number of nitrogens with zero attached hydrogens (tertiary/aromatic N) is 1. The van der Waals surface area contributed by atoms with Gasteiger partial charge in [0.05, 0.1) is 5.69 Å². The van der Waals surface area contributed by atoms with Crippen molar-refractivity contribution < 1.29 is 4.39 Å². The maximum Gasteiger partial charge on any atom is 0.146 e. The number of rotatable bonds is 4. The number of anilines is 1. The number of nitrogens with one attached hydrogen (secondary N) is 1. The highest BCUT2D eigenvalue weighted by Crippen LogP contribution is 2.29. The summed E-state index contributed by atoms with van der Waals surface area (Å²) in [4.78, 5) is 2.29. The average molecular weight is 292 g/mol. The number of piperazine rings is 1. The van der Waals surface area contributed by atoms with E-state index in [-0.39, 0.29) is 5.82 Å². The molecule has 118 valence electrons.